The van der Waals surface area contributed by atoms with Gasteiger partial charge in [0.1, 0.15) is 5.75 Å². The molecule has 1 N–H and O–H groups in total. The van der Waals surface area contributed by atoms with Crippen molar-refractivity contribution in [2.75, 3.05) is 52.6 Å². The molecule has 0 aromatic heterocycles. The maximum atomic E-state index is 11.9. The van der Waals surface area contributed by atoms with E-state index in [1.807, 2.05) is 12.1 Å². The van der Waals surface area contributed by atoms with Gasteiger partial charge < -0.3 is 14.6 Å². The number of carbonyl (C=O) groups excluding carboxylic acids is 1. The Morgan fingerprint density at radius 3 is 1.75 bits per heavy atom. The Morgan fingerprint density at radius 1 is 0.958 bits per heavy atom. The number of aromatic hydroxyl groups is 1. The third kappa shape index (κ3) is 4.33. The number of morpholine rings is 2. The summed E-state index contributed by atoms with van der Waals surface area (Å²) in [4.78, 5) is 16.4. The fourth-order valence-corrected chi connectivity index (χ4v) is 3.20. The van der Waals surface area contributed by atoms with Crippen LogP contribution in [-0.4, -0.2) is 73.3 Å². The lowest BCUT2D eigenvalue weighted by Crippen LogP contribution is -2.36. The molecule has 2 aliphatic rings. The number of ether oxygens (including phenoxy) is 2. The van der Waals surface area contributed by atoms with E-state index in [0.717, 1.165) is 37.3 Å². The van der Waals surface area contributed by atoms with E-state index < -0.39 is 0 Å². The average molecular weight is 334 g/mol. The Labute approximate surface area is 143 Å². The molecule has 0 spiro atoms. The molecule has 0 aliphatic carbocycles. The molecule has 3 rings (SSSR count). The molecule has 1 aromatic rings. The van der Waals surface area contributed by atoms with Crippen molar-refractivity contribution in [2.24, 2.45) is 0 Å². The topological polar surface area (TPSA) is 62.2 Å². The van der Waals surface area contributed by atoms with Gasteiger partial charge in [-0.25, -0.2) is 0 Å². The Hall–Kier alpha value is -1.47. The predicted molar refractivity (Wildman–Crippen MR) is 90.3 cm³/mol. The van der Waals surface area contributed by atoms with Crippen molar-refractivity contribution in [1.29, 1.82) is 0 Å². The van der Waals surface area contributed by atoms with Crippen molar-refractivity contribution >= 4 is 5.78 Å². The normalized spacial score (nSPS) is 20.2. The van der Waals surface area contributed by atoms with E-state index in [9.17, 15) is 9.90 Å². The maximum Gasteiger partial charge on any atom is 0.159 e. The lowest BCUT2D eigenvalue weighted by molar-refractivity contribution is 0.0327. The lowest BCUT2D eigenvalue weighted by Gasteiger charge is -2.29. The molecule has 0 radical (unpaired) electrons. The van der Waals surface area contributed by atoms with Crippen LogP contribution >= 0.6 is 0 Å². The van der Waals surface area contributed by atoms with E-state index in [1.54, 1.807) is 6.92 Å². The highest BCUT2D eigenvalue weighted by molar-refractivity contribution is 5.94. The van der Waals surface area contributed by atoms with Crippen LogP contribution < -0.4 is 0 Å². The Kier molecular flexibility index (Phi) is 5.84. The van der Waals surface area contributed by atoms with Gasteiger partial charge in [-0.1, -0.05) is 0 Å². The van der Waals surface area contributed by atoms with Gasteiger partial charge in [0.2, 0.25) is 0 Å². The molecule has 132 valence electrons. The number of benzene rings is 1. The summed E-state index contributed by atoms with van der Waals surface area (Å²) in [5.41, 5.74) is 2.32. The van der Waals surface area contributed by atoms with Crippen molar-refractivity contribution in [3.8, 4) is 5.75 Å². The van der Waals surface area contributed by atoms with Gasteiger partial charge in [0.25, 0.3) is 0 Å². The summed E-state index contributed by atoms with van der Waals surface area (Å²) in [5, 5.41) is 10.7. The fraction of sp³-hybridized carbons (Fsp3) is 0.611. The molecule has 0 bridgehead atoms. The third-order valence-electron chi connectivity index (χ3n) is 4.67. The second-order valence-electron chi connectivity index (χ2n) is 6.48. The van der Waals surface area contributed by atoms with Gasteiger partial charge in [-0.15, -0.1) is 0 Å². The molecule has 6 heteroatoms. The highest BCUT2D eigenvalue weighted by Gasteiger charge is 2.19. The second-order valence-corrected chi connectivity index (χ2v) is 6.48. The summed E-state index contributed by atoms with van der Waals surface area (Å²) >= 11 is 0. The van der Waals surface area contributed by atoms with Crippen molar-refractivity contribution in [3.63, 3.8) is 0 Å². The summed E-state index contributed by atoms with van der Waals surface area (Å²) < 4.78 is 10.8. The molecule has 2 heterocycles. The number of hydrogen-bond acceptors (Lipinski definition) is 6. The van der Waals surface area contributed by atoms with Crippen LogP contribution in [0.3, 0.4) is 0 Å². The first-order valence-corrected chi connectivity index (χ1v) is 8.59. The van der Waals surface area contributed by atoms with Crippen LogP contribution in [0.4, 0.5) is 0 Å². The molecule has 1 aromatic carbocycles. The first-order chi connectivity index (χ1) is 11.6. The standard InChI is InChI=1S/C18H26N2O4/c1-14(21)15-10-16(12-19-2-6-23-7-3-19)18(22)17(11-15)13-20-4-8-24-9-5-20/h10-11,22H,2-9,12-13H2,1H3. The maximum absolute atomic E-state index is 11.9. The SMILES string of the molecule is CC(=O)c1cc(CN2CCOCC2)c(O)c(CN2CCOCC2)c1. The lowest BCUT2D eigenvalue weighted by atomic mass is 10.0. The highest BCUT2D eigenvalue weighted by Crippen LogP contribution is 2.28. The zero-order valence-electron chi connectivity index (χ0n) is 14.3. The number of phenols is 1. The predicted octanol–water partition coefficient (Wildman–Crippen LogP) is 1.26. The highest BCUT2D eigenvalue weighted by atomic mass is 16.5. The molecule has 0 amide bonds. The number of ketones is 1. The molecular weight excluding hydrogens is 308 g/mol. The fourth-order valence-electron chi connectivity index (χ4n) is 3.20. The number of hydrogen-bond donors (Lipinski definition) is 1. The van der Waals surface area contributed by atoms with Crippen LogP contribution in [0.1, 0.15) is 28.4 Å². The summed E-state index contributed by atoms with van der Waals surface area (Å²) in [6, 6.07) is 3.66. The number of phenolic OH excluding ortho intramolecular Hbond substituents is 1. The first kappa shape index (κ1) is 17.4. The van der Waals surface area contributed by atoms with Gasteiger partial charge in [-0.05, 0) is 19.1 Å². The summed E-state index contributed by atoms with van der Waals surface area (Å²) in [7, 11) is 0. The second kappa shape index (κ2) is 8.07. The number of nitrogens with zero attached hydrogens (tertiary/aromatic N) is 2. The molecule has 2 fully saturated rings. The third-order valence-corrected chi connectivity index (χ3v) is 4.67. The van der Waals surface area contributed by atoms with Gasteiger partial charge in [0, 0.05) is 56.0 Å². The summed E-state index contributed by atoms with van der Waals surface area (Å²) in [6.45, 7) is 9.13. The quantitative estimate of drug-likeness (QED) is 0.818. The van der Waals surface area contributed by atoms with Crippen LogP contribution in [0.2, 0.25) is 0 Å². The van der Waals surface area contributed by atoms with Crippen LogP contribution in [0, 0.1) is 0 Å². The minimum Gasteiger partial charge on any atom is -0.507 e. The summed E-state index contributed by atoms with van der Waals surface area (Å²) in [5.74, 6) is 0.347. The van der Waals surface area contributed by atoms with Gasteiger partial charge >= 0.3 is 0 Å². The van der Waals surface area contributed by atoms with Crippen LogP contribution in [0.25, 0.3) is 0 Å². The van der Waals surface area contributed by atoms with Crippen molar-refractivity contribution in [3.05, 3.63) is 28.8 Å². The molecule has 24 heavy (non-hydrogen) atoms. The first-order valence-electron chi connectivity index (χ1n) is 8.59. The molecule has 0 saturated carbocycles. The molecule has 2 saturated heterocycles. The van der Waals surface area contributed by atoms with Crippen LogP contribution in [0.5, 0.6) is 5.75 Å². The van der Waals surface area contributed by atoms with E-state index >= 15 is 0 Å². The van der Waals surface area contributed by atoms with Gasteiger partial charge in [-0.2, -0.15) is 0 Å². The monoisotopic (exact) mass is 334 g/mol. The number of rotatable bonds is 5. The van der Waals surface area contributed by atoms with Crippen LogP contribution in [-0.2, 0) is 22.6 Å². The molecule has 0 atom stereocenters. The Bertz CT molecular complexity index is 537. The smallest absolute Gasteiger partial charge is 0.159 e. The number of Topliss-reactive ketones (excluding diaryl/α,β-unsaturated/α-hetero) is 1. The largest absolute Gasteiger partial charge is 0.507 e. The van der Waals surface area contributed by atoms with E-state index in [-0.39, 0.29) is 5.78 Å². The van der Waals surface area contributed by atoms with E-state index in [0.29, 0.717) is 50.8 Å². The van der Waals surface area contributed by atoms with Gasteiger partial charge in [0.05, 0.1) is 26.4 Å². The van der Waals surface area contributed by atoms with Gasteiger partial charge in [0.15, 0.2) is 5.78 Å². The van der Waals surface area contributed by atoms with Crippen molar-refractivity contribution in [1.82, 2.24) is 9.80 Å². The van der Waals surface area contributed by atoms with Gasteiger partial charge in [-0.3, -0.25) is 14.6 Å². The zero-order chi connectivity index (χ0) is 16.9. The molecule has 2 aliphatic heterocycles. The van der Waals surface area contributed by atoms with Crippen LogP contribution in [0.15, 0.2) is 12.1 Å². The molecular formula is C18H26N2O4. The van der Waals surface area contributed by atoms with Crippen molar-refractivity contribution < 1.29 is 19.4 Å². The van der Waals surface area contributed by atoms with E-state index in [4.69, 9.17) is 9.47 Å². The minimum atomic E-state index is 0.0291. The molecule has 0 unspecified atom stereocenters. The average Bonchev–Trinajstić information content (AvgIpc) is 2.60. The Balaban J connectivity index is 1.81. The minimum absolute atomic E-state index is 0.0291. The Morgan fingerprint density at radius 2 is 1.38 bits per heavy atom. The van der Waals surface area contributed by atoms with Crippen molar-refractivity contribution in [2.45, 2.75) is 20.0 Å². The molecule has 6 nitrogen and oxygen atoms in total. The number of carbonyl (C=O) groups is 1. The summed E-state index contributed by atoms with van der Waals surface area (Å²) in [6.07, 6.45) is 0. The zero-order valence-corrected chi connectivity index (χ0v) is 14.3. The van der Waals surface area contributed by atoms with E-state index in [2.05, 4.69) is 9.80 Å². The van der Waals surface area contributed by atoms with E-state index in [1.165, 1.54) is 0 Å².